The van der Waals surface area contributed by atoms with Gasteiger partial charge < -0.3 is 69.6 Å². The highest BCUT2D eigenvalue weighted by Crippen LogP contribution is 2.69. The molecule has 4 aliphatic carbocycles. The molecule has 1 unspecified atom stereocenters. The van der Waals surface area contributed by atoms with E-state index in [0.717, 1.165) is 12.8 Å². The van der Waals surface area contributed by atoms with Crippen molar-refractivity contribution in [1.82, 2.24) is 0 Å². The third-order valence-corrected chi connectivity index (χ3v) is 14.9. The zero-order valence-electron chi connectivity index (χ0n) is 31.6. The van der Waals surface area contributed by atoms with Gasteiger partial charge >= 0.3 is 0 Å². The van der Waals surface area contributed by atoms with Gasteiger partial charge in [0.15, 0.2) is 12.6 Å². The first-order valence-corrected chi connectivity index (χ1v) is 19.6. The molecule has 2 heterocycles. The van der Waals surface area contributed by atoms with Gasteiger partial charge in [-0.15, -0.1) is 0 Å². The van der Waals surface area contributed by atoms with Crippen LogP contribution in [0.4, 0.5) is 0 Å². The van der Waals surface area contributed by atoms with Crippen LogP contribution in [0.5, 0.6) is 0 Å². The Kier molecular flexibility index (Phi) is 12.2. The molecule has 0 aromatic rings. The topological polar surface area (TPSA) is 228 Å². The van der Waals surface area contributed by atoms with Crippen molar-refractivity contribution in [3.8, 4) is 0 Å². The summed E-state index contributed by atoms with van der Waals surface area (Å²) in [6.45, 7) is 10.1. The number of fused-ring (bicyclic) bond motifs is 5. The third-order valence-electron chi connectivity index (χ3n) is 14.9. The summed E-state index contributed by atoms with van der Waals surface area (Å²) >= 11 is 0. The monoisotopic (exact) mass is 746 g/mol. The van der Waals surface area contributed by atoms with Crippen LogP contribution in [0, 0.1) is 46.3 Å². The first-order chi connectivity index (χ1) is 24.4. The molecule has 0 aromatic carbocycles. The maximum absolute atomic E-state index is 12.6. The largest absolute Gasteiger partial charge is 0.393 e. The van der Waals surface area contributed by atoms with Crippen LogP contribution in [0.15, 0.2) is 0 Å². The molecule has 6 aliphatic rings. The van der Waals surface area contributed by atoms with Crippen molar-refractivity contribution in [3.63, 3.8) is 0 Å². The summed E-state index contributed by atoms with van der Waals surface area (Å²) in [5.41, 5.74) is -2.25. The fourth-order valence-electron chi connectivity index (χ4n) is 12.2. The van der Waals surface area contributed by atoms with E-state index in [2.05, 4.69) is 13.8 Å². The molecule has 9 N–H and O–H groups in total. The lowest BCUT2D eigenvalue weighted by atomic mass is 9.41. The maximum atomic E-state index is 12.6. The van der Waals surface area contributed by atoms with E-state index in [-0.39, 0.29) is 54.8 Å². The van der Waals surface area contributed by atoms with Crippen molar-refractivity contribution < 1.29 is 69.6 Å². The smallest absolute Gasteiger partial charge is 0.186 e. The highest BCUT2D eigenvalue weighted by Gasteiger charge is 2.71. The van der Waals surface area contributed by atoms with Crippen molar-refractivity contribution in [3.05, 3.63) is 0 Å². The average molecular weight is 747 g/mol. The van der Waals surface area contributed by atoms with Gasteiger partial charge in [0.25, 0.3) is 0 Å². The van der Waals surface area contributed by atoms with E-state index in [1.54, 1.807) is 0 Å². The van der Waals surface area contributed by atoms with Crippen LogP contribution in [-0.2, 0) is 23.7 Å². The zero-order chi connectivity index (χ0) is 38.1. The van der Waals surface area contributed by atoms with Crippen molar-refractivity contribution in [2.24, 2.45) is 46.3 Å². The van der Waals surface area contributed by atoms with E-state index >= 15 is 0 Å². The highest BCUT2D eigenvalue weighted by molar-refractivity contribution is 5.21. The van der Waals surface area contributed by atoms with E-state index in [1.807, 2.05) is 20.8 Å². The van der Waals surface area contributed by atoms with Crippen molar-refractivity contribution in [2.45, 2.75) is 171 Å². The first-order valence-electron chi connectivity index (χ1n) is 19.6. The van der Waals surface area contributed by atoms with Crippen LogP contribution in [0.1, 0.15) is 86.0 Å². The quantitative estimate of drug-likeness (QED) is 0.136. The molecule has 2 saturated heterocycles. The van der Waals surface area contributed by atoms with E-state index in [9.17, 15) is 46.0 Å². The summed E-state index contributed by atoms with van der Waals surface area (Å²) in [5, 5.41) is 98.9. The molecule has 52 heavy (non-hydrogen) atoms. The lowest BCUT2D eigenvalue weighted by Crippen LogP contribution is -2.70. The number of aliphatic hydroxyl groups excluding tert-OH is 8. The molecule has 302 valence electrons. The van der Waals surface area contributed by atoms with Crippen LogP contribution in [0.3, 0.4) is 0 Å². The predicted molar refractivity (Wildman–Crippen MR) is 184 cm³/mol. The molecule has 6 fully saturated rings. The second kappa shape index (κ2) is 15.4. The van der Waals surface area contributed by atoms with E-state index in [1.165, 1.54) is 7.11 Å². The van der Waals surface area contributed by atoms with E-state index < -0.39 is 96.5 Å². The van der Waals surface area contributed by atoms with Gasteiger partial charge in [-0.25, -0.2) is 0 Å². The zero-order valence-corrected chi connectivity index (χ0v) is 31.6. The molecule has 6 rings (SSSR count). The van der Waals surface area contributed by atoms with Crippen molar-refractivity contribution in [1.29, 1.82) is 0 Å². The van der Waals surface area contributed by atoms with Gasteiger partial charge in [-0.1, -0.05) is 34.6 Å². The minimum absolute atomic E-state index is 0.0527. The molecule has 0 amide bonds. The van der Waals surface area contributed by atoms with Gasteiger partial charge in [0.2, 0.25) is 0 Å². The molecule has 0 radical (unpaired) electrons. The normalized spacial score (nSPS) is 53.3. The summed E-state index contributed by atoms with van der Waals surface area (Å²) < 4.78 is 28.7. The maximum Gasteiger partial charge on any atom is 0.186 e. The third kappa shape index (κ3) is 6.92. The standard InChI is InChI=1S/C38H66O14/c1-17(2)24(51-34-31(46)30(45)25(52-34)16-50-35-32(48-6)29(44)23(42)15-49-35)8-7-18(3)19-13-21(40)33-36(19,4)12-10-26-37(5)11-9-20(39)28(43)27(37)22(41)14-38(26,33)47/h17-35,39-47H,7-16H2,1-6H3/t18-,19-,20+,21-,22+,23-,24+,25+,26-,27?,28+,29+,30+,31-,32-,33-,34-,35+,36-,37-,38+/m1/s1. The highest BCUT2D eigenvalue weighted by atomic mass is 16.7. The molecule has 0 spiro atoms. The number of hydrogen-bond donors (Lipinski definition) is 9. The lowest BCUT2D eigenvalue weighted by molar-refractivity contribution is -0.285. The van der Waals surface area contributed by atoms with Gasteiger partial charge in [-0.05, 0) is 79.4 Å². The summed E-state index contributed by atoms with van der Waals surface area (Å²) in [6, 6.07) is 0. The Bertz CT molecular complexity index is 1210. The van der Waals surface area contributed by atoms with Gasteiger partial charge in [-0.2, -0.15) is 0 Å². The van der Waals surface area contributed by atoms with Crippen LogP contribution < -0.4 is 0 Å². The molecule has 14 heteroatoms. The number of ether oxygens (including phenoxy) is 5. The van der Waals surface area contributed by atoms with Gasteiger partial charge in [-0.3, -0.25) is 0 Å². The molecule has 0 aromatic heterocycles. The lowest BCUT2D eigenvalue weighted by Gasteiger charge is -2.66. The number of methoxy groups -OCH3 is 1. The summed E-state index contributed by atoms with van der Waals surface area (Å²) in [6.07, 6.45) is -8.46. The minimum atomic E-state index is -1.33. The second-order valence-electron chi connectivity index (χ2n) is 18.2. The predicted octanol–water partition coefficient (Wildman–Crippen LogP) is 0.0474. The Morgan fingerprint density at radius 3 is 2.13 bits per heavy atom. The molecule has 0 bridgehead atoms. The van der Waals surface area contributed by atoms with Crippen LogP contribution in [-0.4, -0.2) is 152 Å². The van der Waals surface area contributed by atoms with Crippen LogP contribution in [0.25, 0.3) is 0 Å². The minimum Gasteiger partial charge on any atom is -0.393 e. The van der Waals surface area contributed by atoms with Crippen molar-refractivity contribution in [2.75, 3.05) is 20.3 Å². The Labute approximate surface area is 307 Å². The SMILES string of the molecule is CO[C@H]1[C@H](OC[C@@H]2O[C@@H](O[C@@H](CC[C@@H](C)[C@H]3C[C@@H](O)[C@@H]4[C@]3(C)CC[C@H]3[C@@]4(O)C[C@H](O)C4[C@@H](O)[C@@H](O)CC[C@@]43C)C(C)C)[C@H](O)[C@H]2O)OC[C@@H](O)[C@@H]1O. The van der Waals surface area contributed by atoms with Crippen LogP contribution in [0.2, 0.25) is 0 Å². The van der Waals surface area contributed by atoms with Gasteiger partial charge in [0.05, 0.1) is 49.3 Å². The number of hydrogen-bond acceptors (Lipinski definition) is 14. The summed E-state index contributed by atoms with van der Waals surface area (Å²) in [5.74, 6) is -0.880. The van der Waals surface area contributed by atoms with Crippen LogP contribution >= 0.6 is 0 Å². The van der Waals surface area contributed by atoms with Gasteiger partial charge in [0, 0.05) is 25.4 Å². The van der Waals surface area contributed by atoms with E-state index in [4.69, 9.17) is 23.7 Å². The molecular formula is C38H66O14. The van der Waals surface area contributed by atoms with E-state index in [0.29, 0.717) is 32.1 Å². The Morgan fingerprint density at radius 2 is 1.46 bits per heavy atom. The molecular weight excluding hydrogens is 680 g/mol. The fourth-order valence-corrected chi connectivity index (χ4v) is 12.2. The Balaban J connectivity index is 1.08. The Morgan fingerprint density at radius 1 is 0.769 bits per heavy atom. The fraction of sp³-hybridized carbons (Fsp3) is 1.00. The molecule has 21 atom stereocenters. The van der Waals surface area contributed by atoms with Crippen molar-refractivity contribution >= 4 is 0 Å². The summed E-state index contributed by atoms with van der Waals surface area (Å²) in [7, 11) is 1.36. The number of aliphatic hydroxyl groups is 9. The van der Waals surface area contributed by atoms with Gasteiger partial charge in [0.1, 0.15) is 36.6 Å². The Hall–Kier alpha value is -0.560. The second-order valence-corrected chi connectivity index (χ2v) is 18.2. The number of rotatable bonds is 11. The average Bonchev–Trinajstić information content (AvgIpc) is 3.51. The molecule has 2 aliphatic heterocycles. The first kappa shape index (κ1) is 41.1. The molecule has 14 nitrogen and oxygen atoms in total. The molecule has 4 saturated carbocycles. The summed E-state index contributed by atoms with van der Waals surface area (Å²) in [4.78, 5) is 0.